The number of pyridine rings is 2. The van der Waals surface area contributed by atoms with Crippen LogP contribution in [0.4, 0.5) is 19.0 Å². The maximum absolute atomic E-state index is 15.2. The molecule has 0 aliphatic carbocycles. The van der Waals surface area contributed by atoms with Crippen molar-refractivity contribution in [1.82, 2.24) is 19.8 Å². The first-order valence-electron chi connectivity index (χ1n) is 13.5. The molecule has 41 heavy (non-hydrogen) atoms. The van der Waals surface area contributed by atoms with Gasteiger partial charge in [0.15, 0.2) is 0 Å². The lowest BCUT2D eigenvalue weighted by Gasteiger charge is -2.40. The summed E-state index contributed by atoms with van der Waals surface area (Å²) in [7, 11) is 0. The molecule has 9 nitrogen and oxygen atoms in total. The molecule has 0 radical (unpaired) electrons. The minimum Gasteiger partial charge on any atom is -0.456 e. The van der Waals surface area contributed by atoms with Gasteiger partial charge in [-0.25, -0.2) is 18.2 Å². The Kier molecular flexibility index (Phi) is 8.71. The summed E-state index contributed by atoms with van der Waals surface area (Å²) in [6, 6.07) is 9.57. The number of rotatable bonds is 8. The van der Waals surface area contributed by atoms with Crippen LogP contribution in [0.15, 0.2) is 59.7 Å². The molecule has 218 valence electrons. The van der Waals surface area contributed by atoms with Crippen molar-refractivity contribution in [2.75, 3.05) is 44.7 Å². The quantitative estimate of drug-likeness (QED) is 0.422. The molecule has 0 spiro atoms. The van der Waals surface area contributed by atoms with E-state index in [2.05, 4.69) is 20.2 Å². The zero-order valence-electron chi connectivity index (χ0n) is 22.6. The molecule has 2 atom stereocenters. The van der Waals surface area contributed by atoms with Gasteiger partial charge in [0.25, 0.3) is 11.5 Å². The summed E-state index contributed by atoms with van der Waals surface area (Å²) >= 11 is 0. The van der Waals surface area contributed by atoms with Crippen LogP contribution in [0.5, 0.6) is 11.5 Å². The van der Waals surface area contributed by atoms with E-state index in [1.54, 1.807) is 30.0 Å². The van der Waals surface area contributed by atoms with Crippen LogP contribution >= 0.6 is 0 Å². The Hall–Kier alpha value is -3.74. The Morgan fingerprint density at radius 3 is 2.61 bits per heavy atom. The Bertz CT molecular complexity index is 1390. The van der Waals surface area contributed by atoms with Crippen molar-refractivity contribution in [3.63, 3.8) is 0 Å². The predicted octanol–water partition coefficient (Wildman–Crippen LogP) is 3.99. The van der Waals surface area contributed by atoms with Crippen LogP contribution in [0.1, 0.15) is 30.4 Å². The molecule has 3 aromatic rings. The number of nitrogens with zero attached hydrogens (tertiary/aromatic N) is 3. The second kappa shape index (κ2) is 12.4. The van der Waals surface area contributed by atoms with E-state index >= 15 is 8.78 Å². The van der Waals surface area contributed by atoms with E-state index in [9.17, 15) is 14.0 Å². The van der Waals surface area contributed by atoms with E-state index in [0.717, 1.165) is 0 Å². The zero-order chi connectivity index (χ0) is 29.0. The van der Waals surface area contributed by atoms with Gasteiger partial charge in [-0.3, -0.25) is 19.4 Å². The number of likely N-dealkylation sites (tertiary alicyclic amines) is 1. The first kappa shape index (κ1) is 28.8. The van der Waals surface area contributed by atoms with E-state index in [1.165, 1.54) is 36.7 Å². The van der Waals surface area contributed by atoms with Gasteiger partial charge in [0, 0.05) is 50.9 Å². The molecule has 5 rings (SSSR count). The maximum Gasteiger partial charge on any atom is 0.257 e. The average Bonchev–Trinajstić information content (AvgIpc) is 2.96. The van der Waals surface area contributed by atoms with Gasteiger partial charge < -0.3 is 19.8 Å². The number of amides is 1. The number of aromatic nitrogens is 2. The molecule has 1 aromatic carbocycles. The van der Waals surface area contributed by atoms with Crippen molar-refractivity contribution in [3.05, 3.63) is 82.2 Å². The van der Waals surface area contributed by atoms with Gasteiger partial charge >= 0.3 is 0 Å². The average molecular weight is 572 g/mol. The predicted molar refractivity (Wildman–Crippen MR) is 146 cm³/mol. The minimum atomic E-state index is -3.00. The number of H-pyrrole nitrogens is 1. The summed E-state index contributed by atoms with van der Waals surface area (Å²) in [6.45, 7) is 4.48. The number of hydrogen-bond acceptors (Lipinski definition) is 7. The molecule has 2 aromatic heterocycles. The number of carbonyl (C=O) groups excluding carboxylic acids is 1. The molecule has 1 amide bonds. The summed E-state index contributed by atoms with van der Waals surface area (Å²) in [5, 5.41) is 2.73. The summed E-state index contributed by atoms with van der Waals surface area (Å²) in [5.41, 5.74) is 0.472. The number of aromatic amines is 1. The van der Waals surface area contributed by atoms with Gasteiger partial charge in [-0.15, -0.1) is 0 Å². The largest absolute Gasteiger partial charge is 0.456 e. The molecule has 2 saturated heterocycles. The fourth-order valence-corrected chi connectivity index (χ4v) is 5.05. The van der Waals surface area contributed by atoms with Gasteiger partial charge in [-0.05, 0) is 55.0 Å². The molecule has 0 saturated carbocycles. The smallest absolute Gasteiger partial charge is 0.257 e. The topological polar surface area (TPSA) is 99.8 Å². The van der Waals surface area contributed by atoms with Crippen molar-refractivity contribution < 1.29 is 27.4 Å². The van der Waals surface area contributed by atoms with Gasteiger partial charge in [-0.2, -0.15) is 0 Å². The van der Waals surface area contributed by atoms with Gasteiger partial charge in [0.2, 0.25) is 5.91 Å². The van der Waals surface area contributed by atoms with Crippen LogP contribution in [-0.2, 0) is 16.1 Å². The normalized spacial score (nSPS) is 20.3. The van der Waals surface area contributed by atoms with Crippen LogP contribution in [0.2, 0.25) is 0 Å². The molecule has 4 heterocycles. The Morgan fingerprint density at radius 2 is 1.90 bits per heavy atom. The summed E-state index contributed by atoms with van der Waals surface area (Å²) in [4.78, 5) is 36.1. The molecule has 12 heteroatoms. The number of nitrogens with one attached hydrogen (secondary N) is 2. The number of halogens is 3. The second-order valence-electron chi connectivity index (χ2n) is 10.3. The zero-order valence-corrected chi connectivity index (χ0v) is 22.6. The fourth-order valence-electron chi connectivity index (χ4n) is 5.05. The van der Waals surface area contributed by atoms with E-state index in [4.69, 9.17) is 9.47 Å². The monoisotopic (exact) mass is 571 g/mol. The Morgan fingerprint density at radius 1 is 1.17 bits per heavy atom. The summed E-state index contributed by atoms with van der Waals surface area (Å²) in [6.07, 6.45) is 2.37. The van der Waals surface area contributed by atoms with Crippen molar-refractivity contribution in [1.29, 1.82) is 0 Å². The fraction of sp³-hybridized carbons (Fsp3) is 0.414. The number of anilines is 1. The highest BCUT2D eigenvalue weighted by atomic mass is 19.3. The van der Waals surface area contributed by atoms with Crippen LogP contribution in [0.3, 0.4) is 0 Å². The SMILES string of the molecule is CC(C(=O)Nc1ccc(Oc2ccc(F)cc2)cn1)N1CCC(F)(F)C(c2c[nH]c(=O)c(CN3CCOCC3)c2)C1. The third kappa shape index (κ3) is 7.13. The molecule has 2 N–H and O–H groups in total. The van der Waals surface area contributed by atoms with Gasteiger partial charge in [0.05, 0.1) is 31.4 Å². The number of morpholine rings is 1. The second-order valence-corrected chi connectivity index (χ2v) is 10.3. The van der Waals surface area contributed by atoms with Crippen LogP contribution in [0, 0.1) is 5.82 Å². The van der Waals surface area contributed by atoms with E-state index in [0.29, 0.717) is 55.5 Å². The third-order valence-corrected chi connectivity index (χ3v) is 7.53. The van der Waals surface area contributed by atoms with Crippen molar-refractivity contribution in [2.45, 2.75) is 37.8 Å². The molecular weight excluding hydrogens is 539 g/mol. The summed E-state index contributed by atoms with van der Waals surface area (Å²) in [5.74, 6) is -3.83. The molecule has 2 aliphatic rings. The summed E-state index contributed by atoms with van der Waals surface area (Å²) < 4.78 is 54.4. The van der Waals surface area contributed by atoms with E-state index < -0.39 is 24.3 Å². The van der Waals surface area contributed by atoms with Crippen molar-refractivity contribution >= 4 is 11.7 Å². The minimum absolute atomic E-state index is 0.0416. The molecule has 2 fully saturated rings. The number of ether oxygens (including phenoxy) is 2. The van der Waals surface area contributed by atoms with E-state index in [1.807, 2.05) is 0 Å². The first-order chi connectivity index (χ1) is 19.7. The van der Waals surface area contributed by atoms with Crippen LogP contribution in [-0.4, -0.2) is 77.0 Å². The molecular formula is C29H32F3N5O4. The molecule has 0 bridgehead atoms. The Balaban J connectivity index is 1.23. The standard InChI is InChI=1S/C29H32F3N5O4/c1-19(27(38)35-26-7-6-24(16-33-26)41-23-4-2-22(30)3-5-23)37-9-8-29(31,32)25(18-37)20-14-21(28(39)34-15-20)17-36-10-12-40-13-11-36/h2-7,14-16,19,25H,8-13,17-18H2,1H3,(H,34,39)(H,33,35,38). The number of alkyl halides is 2. The van der Waals surface area contributed by atoms with Crippen LogP contribution < -0.4 is 15.6 Å². The number of carbonyl (C=O) groups is 1. The highest BCUT2D eigenvalue weighted by Gasteiger charge is 2.46. The first-order valence-corrected chi connectivity index (χ1v) is 13.5. The number of benzene rings is 1. The number of hydrogen-bond donors (Lipinski definition) is 2. The lowest BCUT2D eigenvalue weighted by atomic mass is 9.86. The third-order valence-electron chi connectivity index (χ3n) is 7.53. The van der Waals surface area contributed by atoms with Crippen molar-refractivity contribution in [2.24, 2.45) is 0 Å². The Labute approximate surface area is 235 Å². The molecule has 2 aliphatic heterocycles. The van der Waals surface area contributed by atoms with Crippen molar-refractivity contribution in [3.8, 4) is 11.5 Å². The highest BCUT2D eigenvalue weighted by molar-refractivity contribution is 5.93. The van der Waals surface area contributed by atoms with E-state index in [-0.39, 0.29) is 36.2 Å². The van der Waals surface area contributed by atoms with Gasteiger partial charge in [-0.1, -0.05) is 0 Å². The highest BCUT2D eigenvalue weighted by Crippen LogP contribution is 2.40. The lowest BCUT2D eigenvalue weighted by molar-refractivity contribution is -0.125. The van der Waals surface area contributed by atoms with Gasteiger partial charge in [0.1, 0.15) is 23.1 Å². The molecule has 2 unspecified atom stereocenters. The maximum atomic E-state index is 15.2. The lowest BCUT2D eigenvalue weighted by Crippen LogP contribution is -2.52. The number of piperidine rings is 1. The van der Waals surface area contributed by atoms with Crippen LogP contribution in [0.25, 0.3) is 0 Å².